The molecule has 0 spiro atoms. The van der Waals surface area contributed by atoms with Crippen molar-refractivity contribution in [1.29, 1.82) is 0 Å². The van der Waals surface area contributed by atoms with Gasteiger partial charge in [-0.2, -0.15) is 5.10 Å². The third-order valence-electron chi connectivity index (χ3n) is 2.86. The number of aryl methyl sites for hydroxylation is 2. The van der Waals surface area contributed by atoms with Gasteiger partial charge in [0.2, 0.25) is 0 Å². The largest absolute Gasteiger partial charge is 0.321 e. The number of carbonyl (C=O) groups is 1. The lowest BCUT2D eigenvalue weighted by Crippen LogP contribution is -2.32. The van der Waals surface area contributed by atoms with E-state index in [1.807, 2.05) is 13.8 Å². The lowest BCUT2D eigenvalue weighted by molar-refractivity contribution is -0.119. The average Bonchev–Trinajstić information content (AvgIpc) is 2.56. The van der Waals surface area contributed by atoms with Gasteiger partial charge in [0.05, 0.1) is 28.9 Å². The van der Waals surface area contributed by atoms with Crippen molar-refractivity contribution in [2.75, 3.05) is 0 Å². The first-order valence-corrected chi connectivity index (χ1v) is 6.37. The number of hydrogen-bond donors (Lipinski definition) is 1. The van der Waals surface area contributed by atoms with E-state index in [0.29, 0.717) is 5.02 Å². The van der Waals surface area contributed by atoms with E-state index in [4.69, 9.17) is 17.3 Å². The summed E-state index contributed by atoms with van der Waals surface area (Å²) >= 11 is 6.18. The van der Waals surface area contributed by atoms with Gasteiger partial charge in [-0.15, -0.1) is 0 Å². The molecule has 0 aromatic carbocycles. The summed E-state index contributed by atoms with van der Waals surface area (Å²) in [7, 11) is 1.80. The lowest BCUT2D eigenvalue weighted by Gasteiger charge is -2.09. The van der Waals surface area contributed by atoms with Gasteiger partial charge in [-0.3, -0.25) is 9.48 Å². The average molecular weight is 258 g/mol. The lowest BCUT2D eigenvalue weighted by atomic mass is 10.0. The Bertz CT molecular complexity index is 401. The van der Waals surface area contributed by atoms with Crippen LogP contribution in [0.3, 0.4) is 0 Å². The van der Waals surface area contributed by atoms with E-state index >= 15 is 0 Å². The molecule has 0 amide bonds. The molecule has 1 atom stereocenters. The molecule has 1 aromatic rings. The molecule has 0 saturated carbocycles. The molecule has 0 bridgehead atoms. The monoisotopic (exact) mass is 257 g/mol. The van der Waals surface area contributed by atoms with E-state index < -0.39 is 6.04 Å². The molecule has 0 radical (unpaired) electrons. The smallest absolute Gasteiger partial charge is 0.155 e. The molecule has 1 unspecified atom stereocenters. The Morgan fingerprint density at radius 2 is 2.18 bits per heavy atom. The zero-order valence-corrected chi connectivity index (χ0v) is 11.4. The summed E-state index contributed by atoms with van der Waals surface area (Å²) in [5, 5.41) is 4.88. The van der Waals surface area contributed by atoms with Crippen LogP contribution in [-0.2, 0) is 24.7 Å². The van der Waals surface area contributed by atoms with E-state index in [2.05, 4.69) is 5.10 Å². The van der Waals surface area contributed by atoms with Crippen molar-refractivity contribution in [2.24, 2.45) is 12.8 Å². The van der Waals surface area contributed by atoms with E-state index in [-0.39, 0.29) is 12.2 Å². The molecule has 1 rings (SSSR count). The third kappa shape index (κ3) is 3.30. The molecule has 96 valence electrons. The van der Waals surface area contributed by atoms with Crippen molar-refractivity contribution in [3.05, 3.63) is 16.4 Å². The summed E-state index contributed by atoms with van der Waals surface area (Å²) in [6, 6.07) is -0.393. The van der Waals surface area contributed by atoms with Crippen molar-refractivity contribution in [3.63, 3.8) is 0 Å². The normalized spacial score (nSPS) is 12.8. The van der Waals surface area contributed by atoms with Crippen LogP contribution in [0.5, 0.6) is 0 Å². The van der Waals surface area contributed by atoms with Crippen LogP contribution in [0.4, 0.5) is 0 Å². The number of rotatable bonds is 6. The maximum absolute atomic E-state index is 11.9. The zero-order valence-electron chi connectivity index (χ0n) is 10.7. The summed E-state index contributed by atoms with van der Waals surface area (Å²) in [5.41, 5.74) is 7.39. The highest BCUT2D eigenvalue weighted by Gasteiger charge is 2.19. The van der Waals surface area contributed by atoms with Gasteiger partial charge in [-0.1, -0.05) is 31.9 Å². The van der Waals surface area contributed by atoms with Crippen LogP contribution in [0, 0.1) is 0 Å². The maximum Gasteiger partial charge on any atom is 0.155 e. The van der Waals surface area contributed by atoms with E-state index in [0.717, 1.165) is 30.7 Å². The third-order valence-corrected chi connectivity index (χ3v) is 3.29. The molecule has 0 aliphatic rings. The fourth-order valence-corrected chi connectivity index (χ4v) is 2.14. The fraction of sp³-hybridized carbons (Fsp3) is 0.667. The predicted molar refractivity (Wildman–Crippen MR) is 69.2 cm³/mol. The summed E-state index contributed by atoms with van der Waals surface area (Å²) < 4.78 is 1.68. The van der Waals surface area contributed by atoms with Gasteiger partial charge in [0.15, 0.2) is 5.78 Å². The highest BCUT2D eigenvalue weighted by molar-refractivity contribution is 6.32. The number of aromatic nitrogens is 2. The molecular formula is C12H20ClN3O. The van der Waals surface area contributed by atoms with Crippen LogP contribution in [0.1, 0.15) is 38.1 Å². The molecule has 0 aliphatic heterocycles. The molecular weight excluding hydrogens is 238 g/mol. The first kappa shape index (κ1) is 14.2. The quantitative estimate of drug-likeness (QED) is 0.846. The standard InChI is InChI=1S/C12H20ClN3O/c1-4-6-8(14)11(17)7-10-12(13)9(5-2)15-16(10)3/h8H,4-7,14H2,1-3H3. The summed E-state index contributed by atoms with van der Waals surface area (Å²) in [6.07, 6.45) is 2.66. The highest BCUT2D eigenvalue weighted by Crippen LogP contribution is 2.21. The van der Waals surface area contributed by atoms with Crippen LogP contribution < -0.4 is 5.73 Å². The Labute approximate surface area is 107 Å². The summed E-state index contributed by atoms with van der Waals surface area (Å²) in [6.45, 7) is 4.00. The molecule has 2 N–H and O–H groups in total. The Morgan fingerprint density at radius 3 is 2.65 bits per heavy atom. The number of ketones is 1. The minimum atomic E-state index is -0.393. The van der Waals surface area contributed by atoms with Crippen LogP contribution in [-0.4, -0.2) is 21.6 Å². The first-order valence-electron chi connectivity index (χ1n) is 5.99. The van der Waals surface area contributed by atoms with Gasteiger partial charge >= 0.3 is 0 Å². The van der Waals surface area contributed by atoms with Gasteiger partial charge in [0.1, 0.15) is 0 Å². The second-order valence-electron chi connectivity index (χ2n) is 4.22. The minimum absolute atomic E-state index is 0.0272. The second kappa shape index (κ2) is 6.17. The fourth-order valence-electron chi connectivity index (χ4n) is 1.78. The summed E-state index contributed by atoms with van der Waals surface area (Å²) in [5.74, 6) is 0.0272. The molecule has 0 fully saturated rings. The molecule has 4 nitrogen and oxygen atoms in total. The zero-order chi connectivity index (χ0) is 13.0. The van der Waals surface area contributed by atoms with Crippen molar-refractivity contribution in [3.8, 4) is 0 Å². The number of halogens is 1. The second-order valence-corrected chi connectivity index (χ2v) is 4.60. The number of Topliss-reactive ketones (excluding diaryl/α,β-unsaturated/α-hetero) is 1. The number of hydrogen-bond acceptors (Lipinski definition) is 3. The van der Waals surface area contributed by atoms with Crippen molar-refractivity contribution in [2.45, 2.75) is 45.6 Å². The molecule has 5 heteroatoms. The van der Waals surface area contributed by atoms with Crippen molar-refractivity contribution < 1.29 is 4.79 Å². The minimum Gasteiger partial charge on any atom is -0.321 e. The molecule has 0 saturated heterocycles. The van der Waals surface area contributed by atoms with Crippen LogP contribution in [0.25, 0.3) is 0 Å². The van der Waals surface area contributed by atoms with Crippen LogP contribution in [0.15, 0.2) is 0 Å². The summed E-state index contributed by atoms with van der Waals surface area (Å²) in [4.78, 5) is 11.9. The Kier molecular flexibility index (Phi) is 5.15. The molecule has 0 aliphatic carbocycles. The molecule has 1 aromatic heterocycles. The van der Waals surface area contributed by atoms with Crippen LogP contribution >= 0.6 is 11.6 Å². The Hall–Kier alpha value is -0.870. The van der Waals surface area contributed by atoms with Crippen molar-refractivity contribution in [1.82, 2.24) is 9.78 Å². The highest BCUT2D eigenvalue weighted by atomic mass is 35.5. The van der Waals surface area contributed by atoms with E-state index in [1.54, 1.807) is 11.7 Å². The topological polar surface area (TPSA) is 60.9 Å². The van der Waals surface area contributed by atoms with Gasteiger partial charge in [0.25, 0.3) is 0 Å². The van der Waals surface area contributed by atoms with E-state index in [9.17, 15) is 4.79 Å². The van der Waals surface area contributed by atoms with Crippen molar-refractivity contribution >= 4 is 17.4 Å². The van der Waals surface area contributed by atoms with Gasteiger partial charge in [-0.05, 0) is 12.8 Å². The predicted octanol–water partition coefficient (Wildman–Crippen LogP) is 1.87. The molecule has 1 heterocycles. The SMILES string of the molecule is CCCC(N)C(=O)Cc1c(Cl)c(CC)nn1C. The Morgan fingerprint density at radius 1 is 1.53 bits per heavy atom. The number of carbonyl (C=O) groups excluding carboxylic acids is 1. The maximum atomic E-state index is 11.9. The number of nitrogens with zero attached hydrogens (tertiary/aromatic N) is 2. The van der Waals surface area contributed by atoms with Gasteiger partial charge in [0, 0.05) is 7.05 Å². The first-order chi connectivity index (χ1) is 8.01. The molecule has 17 heavy (non-hydrogen) atoms. The van der Waals surface area contributed by atoms with Gasteiger partial charge < -0.3 is 5.73 Å². The number of nitrogens with two attached hydrogens (primary N) is 1. The Balaban J connectivity index is 2.81. The van der Waals surface area contributed by atoms with E-state index in [1.165, 1.54) is 0 Å². The van der Waals surface area contributed by atoms with Gasteiger partial charge in [-0.25, -0.2) is 0 Å². The van der Waals surface area contributed by atoms with Crippen LogP contribution in [0.2, 0.25) is 5.02 Å².